The summed E-state index contributed by atoms with van der Waals surface area (Å²) in [6.45, 7) is 12.2. The second-order valence-corrected chi connectivity index (χ2v) is 8.93. The fourth-order valence-electron chi connectivity index (χ4n) is 0.841. The smallest absolute Gasteiger partial charge is 0.189 e. The molecule has 0 saturated carbocycles. The highest BCUT2D eigenvalue weighted by molar-refractivity contribution is 6.72. The van der Waals surface area contributed by atoms with Crippen LogP contribution in [0.1, 0.15) is 33.6 Å². The lowest BCUT2D eigenvalue weighted by molar-refractivity contribution is 0.308. The summed E-state index contributed by atoms with van der Waals surface area (Å²) in [4.78, 5) is 0. The van der Waals surface area contributed by atoms with Crippen molar-refractivity contribution >= 4 is 8.32 Å². The normalized spacial score (nSPS) is 13.1. The molecule has 2 heteroatoms. The van der Waals surface area contributed by atoms with Crippen molar-refractivity contribution in [2.24, 2.45) is 0 Å². The van der Waals surface area contributed by atoms with Crippen LogP contribution < -0.4 is 0 Å². The zero-order valence-corrected chi connectivity index (χ0v) is 10.8. The predicted molar refractivity (Wildman–Crippen MR) is 62.6 cm³/mol. The Kier molecular flexibility index (Phi) is 6.34. The number of allylic oxidation sites excluding steroid dienone is 1. The molecule has 0 atom stereocenters. The van der Waals surface area contributed by atoms with Crippen molar-refractivity contribution in [3.8, 4) is 0 Å². The van der Waals surface area contributed by atoms with Crippen molar-refractivity contribution in [2.75, 3.05) is 6.61 Å². The summed E-state index contributed by atoms with van der Waals surface area (Å²) in [6, 6.07) is 0. The standard InChI is InChI=1S/C11H24OSi/c1-6-7-8-9-10-12-13(4,5)11(2)3/h7-8,11H,6,9-10H2,1-5H3/b8-7+. The van der Waals surface area contributed by atoms with Gasteiger partial charge < -0.3 is 4.43 Å². The van der Waals surface area contributed by atoms with Crippen molar-refractivity contribution in [2.45, 2.75) is 52.2 Å². The quantitative estimate of drug-likeness (QED) is 0.358. The molecular formula is C11H24OSi. The molecular weight excluding hydrogens is 176 g/mol. The van der Waals surface area contributed by atoms with Gasteiger partial charge >= 0.3 is 0 Å². The molecule has 78 valence electrons. The summed E-state index contributed by atoms with van der Waals surface area (Å²) in [5.74, 6) is 0. The van der Waals surface area contributed by atoms with E-state index in [0.29, 0.717) is 5.54 Å². The van der Waals surface area contributed by atoms with Gasteiger partial charge in [0.05, 0.1) is 0 Å². The first-order chi connectivity index (χ1) is 6.00. The monoisotopic (exact) mass is 200 g/mol. The molecule has 1 nitrogen and oxygen atoms in total. The number of rotatable bonds is 6. The molecule has 0 radical (unpaired) electrons. The minimum absolute atomic E-state index is 0.711. The van der Waals surface area contributed by atoms with Crippen LogP contribution in [0.3, 0.4) is 0 Å². The van der Waals surface area contributed by atoms with E-state index < -0.39 is 8.32 Å². The Hall–Kier alpha value is -0.0831. The minimum atomic E-state index is -1.37. The summed E-state index contributed by atoms with van der Waals surface area (Å²) in [6.07, 6.45) is 6.61. The summed E-state index contributed by atoms with van der Waals surface area (Å²) >= 11 is 0. The summed E-state index contributed by atoms with van der Waals surface area (Å²) in [7, 11) is -1.37. The van der Waals surface area contributed by atoms with Crippen LogP contribution in [0.5, 0.6) is 0 Å². The highest BCUT2D eigenvalue weighted by Gasteiger charge is 2.26. The zero-order chi connectivity index (χ0) is 10.3. The van der Waals surface area contributed by atoms with E-state index in [2.05, 4.69) is 46.0 Å². The fourth-order valence-corrected chi connectivity index (χ4v) is 1.82. The fraction of sp³-hybridized carbons (Fsp3) is 0.818. The van der Waals surface area contributed by atoms with Gasteiger partial charge in [-0.3, -0.25) is 0 Å². The lowest BCUT2D eigenvalue weighted by Gasteiger charge is -2.26. The Labute approximate surface area is 84.3 Å². The van der Waals surface area contributed by atoms with E-state index in [4.69, 9.17) is 4.43 Å². The number of hydrogen-bond acceptors (Lipinski definition) is 1. The lowest BCUT2D eigenvalue weighted by atomic mass is 10.3. The molecule has 0 aliphatic heterocycles. The number of hydrogen-bond donors (Lipinski definition) is 0. The van der Waals surface area contributed by atoms with Gasteiger partial charge in [0, 0.05) is 6.61 Å². The van der Waals surface area contributed by atoms with Gasteiger partial charge in [-0.2, -0.15) is 0 Å². The molecule has 13 heavy (non-hydrogen) atoms. The molecule has 0 N–H and O–H groups in total. The third-order valence-electron chi connectivity index (χ3n) is 2.55. The van der Waals surface area contributed by atoms with Crippen molar-refractivity contribution < 1.29 is 4.43 Å². The minimum Gasteiger partial charge on any atom is -0.417 e. The third kappa shape index (κ3) is 6.05. The first-order valence-corrected chi connectivity index (χ1v) is 8.28. The van der Waals surface area contributed by atoms with E-state index in [9.17, 15) is 0 Å². The van der Waals surface area contributed by atoms with Gasteiger partial charge in [-0.25, -0.2) is 0 Å². The first kappa shape index (κ1) is 12.9. The van der Waals surface area contributed by atoms with Gasteiger partial charge in [0.15, 0.2) is 8.32 Å². The van der Waals surface area contributed by atoms with Crippen molar-refractivity contribution in [1.82, 2.24) is 0 Å². The molecule has 0 fully saturated rings. The van der Waals surface area contributed by atoms with E-state index in [0.717, 1.165) is 19.4 Å². The topological polar surface area (TPSA) is 9.23 Å². The van der Waals surface area contributed by atoms with Crippen LogP contribution in [-0.2, 0) is 4.43 Å². The molecule has 0 bridgehead atoms. The average molecular weight is 200 g/mol. The highest BCUT2D eigenvalue weighted by atomic mass is 28.4. The Morgan fingerprint density at radius 2 is 1.85 bits per heavy atom. The van der Waals surface area contributed by atoms with Crippen LogP contribution in [0.15, 0.2) is 12.2 Å². The van der Waals surface area contributed by atoms with Crippen LogP contribution in [0.25, 0.3) is 0 Å². The van der Waals surface area contributed by atoms with Gasteiger partial charge in [0.1, 0.15) is 0 Å². The largest absolute Gasteiger partial charge is 0.417 e. The Balaban J connectivity index is 3.58. The average Bonchev–Trinajstić information content (AvgIpc) is 2.03. The van der Waals surface area contributed by atoms with Crippen LogP contribution in [0.2, 0.25) is 18.6 Å². The van der Waals surface area contributed by atoms with Crippen LogP contribution in [-0.4, -0.2) is 14.9 Å². The molecule has 0 saturated heterocycles. The van der Waals surface area contributed by atoms with Gasteiger partial charge in [-0.05, 0) is 31.5 Å². The van der Waals surface area contributed by atoms with Gasteiger partial charge in [-0.15, -0.1) is 0 Å². The predicted octanol–water partition coefficient (Wildman–Crippen LogP) is 3.97. The second kappa shape index (κ2) is 6.38. The van der Waals surface area contributed by atoms with E-state index in [-0.39, 0.29) is 0 Å². The summed E-state index contributed by atoms with van der Waals surface area (Å²) < 4.78 is 5.93. The van der Waals surface area contributed by atoms with Crippen LogP contribution in [0.4, 0.5) is 0 Å². The van der Waals surface area contributed by atoms with Crippen molar-refractivity contribution in [3.63, 3.8) is 0 Å². The molecule has 0 amide bonds. The van der Waals surface area contributed by atoms with E-state index in [1.807, 2.05) is 0 Å². The molecule has 0 spiro atoms. The van der Waals surface area contributed by atoms with Crippen molar-refractivity contribution in [3.05, 3.63) is 12.2 Å². The van der Waals surface area contributed by atoms with Gasteiger partial charge in [-0.1, -0.05) is 32.9 Å². The Bertz CT molecular complexity index is 150. The lowest BCUT2D eigenvalue weighted by Crippen LogP contribution is -2.34. The second-order valence-electron chi connectivity index (χ2n) is 4.27. The Morgan fingerprint density at radius 3 is 2.31 bits per heavy atom. The molecule has 0 aromatic carbocycles. The SMILES string of the molecule is CC/C=C/CCO[Si](C)(C)C(C)C. The van der Waals surface area contributed by atoms with Crippen LogP contribution in [0, 0.1) is 0 Å². The van der Waals surface area contributed by atoms with Gasteiger partial charge in [0.25, 0.3) is 0 Å². The highest BCUT2D eigenvalue weighted by Crippen LogP contribution is 2.21. The maximum atomic E-state index is 5.93. The molecule has 0 aliphatic carbocycles. The summed E-state index contributed by atoms with van der Waals surface area (Å²) in [5.41, 5.74) is 0.711. The molecule has 0 aromatic rings. The molecule has 0 unspecified atom stereocenters. The molecule has 0 heterocycles. The third-order valence-corrected chi connectivity index (χ3v) is 6.28. The Morgan fingerprint density at radius 1 is 1.23 bits per heavy atom. The maximum absolute atomic E-state index is 5.93. The van der Waals surface area contributed by atoms with Crippen LogP contribution >= 0.6 is 0 Å². The molecule has 0 aromatic heterocycles. The van der Waals surface area contributed by atoms with E-state index in [1.165, 1.54) is 0 Å². The van der Waals surface area contributed by atoms with E-state index >= 15 is 0 Å². The zero-order valence-electron chi connectivity index (χ0n) is 9.76. The van der Waals surface area contributed by atoms with Gasteiger partial charge in [0.2, 0.25) is 0 Å². The molecule has 0 aliphatic rings. The maximum Gasteiger partial charge on any atom is 0.189 e. The van der Waals surface area contributed by atoms with E-state index in [1.54, 1.807) is 0 Å². The first-order valence-electron chi connectivity index (χ1n) is 5.29. The molecule has 0 rings (SSSR count). The summed E-state index contributed by atoms with van der Waals surface area (Å²) in [5, 5.41) is 0. The van der Waals surface area contributed by atoms with Crippen molar-refractivity contribution in [1.29, 1.82) is 0 Å².